The van der Waals surface area contributed by atoms with Gasteiger partial charge in [0.05, 0.1) is 13.2 Å². The first-order valence-corrected chi connectivity index (χ1v) is 8.40. The third-order valence-electron chi connectivity index (χ3n) is 4.63. The number of ether oxygens (including phenoxy) is 1. The molecule has 120 valence electrons. The van der Waals surface area contributed by atoms with Crippen LogP contribution in [0.1, 0.15) is 17.5 Å². The first kappa shape index (κ1) is 15.8. The highest BCUT2D eigenvalue weighted by atomic mass is 79.9. The van der Waals surface area contributed by atoms with Crippen molar-refractivity contribution >= 4 is 21.8 Å². The lowest BCUT2D eigenvalue weighted by molar-refractivity contribution is -0.133. The summed E-state index contributed by atoms with van der Waals surface area (Å²) in [5, 5.41) is 13.0. The molecule has 1 aromatic carbocycles. The number of aliphatic hydroxyl groups excluding tert-OH is 1. The number of hydrogen-bond donors (Lipinski definition) is 2. The Hall–Kier alpha value is -1.11. The Morgan fingerprint density at radius 3 is 2.95 bits per heavy atom. The highest BCUT2D eigenvalue weighted by Gasteiger charge is 2.31. The summed E-state index contributed by atoms with van der Waals surface area (Å²) in [6.45, 7) is 2.61. The van der Waals surface area contributed by atoms with Crippen molar-refractivity contribution in [3.63, 3.8) is 0 Å². The molecule has 6 heteroatoms. The molecule has 3 rings (SSSR count). The summed E-state index contributed by atoms with van der Waals surface area (Å²) in [5.41, 5.74) is 2.31. The number of methoxy groups -OCH3 is 1. The number of halogens is 1. The summed E-state index contributed by atoms with van der Waals surface area (Å²) in [6, 6.07) is 3.93. The van der Waals surface area contributed by atoms with Crippen LogP contribution in [0.2, 0.25) is 0 Å². The molecule has 1 aromatic rings. The Bertz CT molecular complexity index is 579. The topological polar surface area (TPSA) is 61.8 Å². The summed E-state index contributed by atoms with van der Waals surface area (Å²) >= 11 is 3.58. The van der Waals surface area contributed by atoms with Crippen molar-refractivity contribution in [1.82, 2.24) is 10.2 Å². The smallest absolute Gasteiger partial charge is 0.223 e. The van der Waals surface area contributed by atoms with Gasteiger partial charge in [0.2, 0.25) is 5.91 Å². The van der Waals surface area contributed by atoms with Crippen molar-refractivity contribution in [3.05, 3.63) is 27.7 Å². The van der Waals surface area contributed by atoms with Gasteiger partial charge >= 0.3 is 0 Å². The molecule has 1 saturated heterocycles. The van der Waals surface area contributed by atoms with Gasteiger partial charge in [-0.25, -0.2) is 0 Å². The largest absolute Gasteiger partial charge is 0.496 e. The zero-order chi connectivity index (χ0) is 15.7. The van der Waals surface area contributed by atoms with Gasteiger partial charge < -0.3 is 20.1 Å². The summed E-state index contributed by atoms with van der Waals surface area (Å²) in [7, 11) is 1.68. The SMILES string of the molecule is COc1ccc(Br)c2c1CCN(C(=O)C[C@@H]1CNC[C@H]1O)C2. The maximum atomic E-state index is 12.5. The predicted molar refractivity (Wildman–Crippen MR) is 86.8 cm³/mol. The molecule has 2 N–H and O–H groups in total. The van der Waals surface area contributed by atoms with Gasteiger partial charge in [-0.3, -0.25) is 4.79 Å². The van der Waals surface area contributed by atoms with Crippen LogP contribution in [0.5, 0.6) is 5.75 Å². The zero-order valence-corrected chi connectivity index (χ0v) is 14.2. The first-order valence-electron chi connectivity index (χ1n) is 7.61. The van der Waals surface area contributed by atoms with Crippen LogP contribution in [0.15, 0.2) is 16.6 Å². The lowest BCUT2D eigenvalue weighted by Gasteiger charge is -2.31. The molecule has 22 heavy (non-hydrogen) atoms. The van der Waals surface area contributed by atoms with Crippen molar-refractivity contribution < 1.29 is 14.6 Å². The molecule has 2 aliphatic rings. The summed E-state index contributed by atoms with van der Waals surface area (Å²) in [4.78, 5) is 14.4. The number of hydrogen-bond acceptors (Lipinski definition) is 4. The predicted octanol–water partition coefficient (Wildman–Crippen LogP) is 1.31. The van der Waals surface area contributed by atoms with Crippen LogP contribution in [0, 0.1) is 5.92 Å². The molecule has 0 spiro atoms. The number of β-amino-alcohol motifs (C(OH)–C–C–N with tert-alkyl or cyclic N) is 1. The van der Waals surface area contributed by atoms with Crippen LogP contribution in [-0.2, 0) is 17.8 Å². The Morgan fingerprint density at radius 2 is 2.27 bits per heavy atom. The van der Waals surface area contributed by atoms with Gasteiger partial charge in [0.25, 0.3) is 0 Å². The highest BCUT2D eigenvalue weighted by molar-refractivity contribution is 9.10. The van der Waals surface area contributed by atoms with E-state index in [0.717, 1.165) is 28.8 Å². The van der Waals surface area contributed by atoms with E-state index in [4.69, 9.17) is 4.74 Å². The van der Waals surface area contributed by atoms with Crippen molar-refractivity contribution in [2.24, 2.45) is 5.92 Å². The maximum Gasteiger partial charge on any atom is 0.223 e. The van der Waals surface area contributed by atoms with Gasteiger partial charge in [-0.05, 0) is 24.1 Å². The van der Waals surface area contributed by atoms with Crippen molar-refractivity contribution in [1.29, 1.82) is 0 Å². The zero-order valence-electron chi connectivity index (χ0n) is 12.6. The number of carbonyl (C=O) groups excluding carboxylic acids is 1. The van der Waals surface area contributed by atoms with E-state index in [1.165, 1.54) is 5.56 Å². The van der Waals surface area contributed by atoms with Crippen LogP contribution >= 0.6 is 15.9 Å². The molecule has 0 saturated carbocycles. The number of fused-ring (bicyclic) bond motifs is 1. The second kappa shape index (κ2) is 6.56. The molecular weight excluding hydrogens is 348 g/mol. The minimum absolute atomic E-state index is 0.0302. The Kier molecular flexibility index (Phi) is 4.70. The quantitative estimate of drug-likeness (QED) is 0.844. The van der Waals surface area contributed by atoms with Gasteiger partial charge in [-0.2, -0.15) is 0 Å². The highest BCUT2D eigenvalue weighted by Crippen LogP contribution is 2.33. The van der Waals surface area contributed by atoms with E-state index in [2.05, 4.69) is 21.2 Å². The van der Waals surface area contributed by atoms with Gasteiger partial charge in [-0.15, -0.1) is 0 Å². The standard InChI is InChI=1S/C16H21BrN2O3/c1-22-15-3-2-13(17)12-9-19(5-4-11(12)15)16(21)6-10-7-18-8-14(10)20/h2-3,10,14,18,20H,4-9H2,1H3/t10-,14-/m1/s1. The van der Waals surface area contributed by atoms with Gasteiger partial charge in [-0.1, -0.05) is 15.9 Å². The molecule has 1 amide bonds. The molecule has 0 aromatic heterocycles. The third kappa shape index (κ3) is 3.00. The molecule has 0 radical (unpaired) electrons. The van der Waals surface area contributed by atoms with E-state index in [1.54, 1.807) is 7.11 Å². The van der Waals surface area contributed by atoms with E-state index in [1.807, 2.05) is 17.0 Å². The van der Waals surface area contributed by atoms with Gasteiger partial charge in [0.1, 0.15) is 5.75 Å². The van der Waals surface area contributed by atoms with Crippen molar-refractivity contribution in [2.45, 2.75) is 25.5 Å². The van der Waals surface area contributed by atoms with Crippen LogP contribution in [0.25, 0.3) is 0 Å². The number of carbonyl (C=O) groups is 1. The Morgan fingerprint density at radius 1 is 1.45 bits per heavy atom. The summed E-state index contributed by atoms with van der Waals surface area (Å²) in [6.07, 6.45) is 0.799. The fourth-order valence-electron chi connectivity index (χ4n) is 3.29. The van der Waals surface area contributed by atoms with Crippen LogP contribution in [0.3, 0.4) is 0 Å². The van der Waals surface area contributed by atoms with Crippen LogP contribution in [-0.4, -0.2) is 48.8 Å². The molecule has 0 aliphatic carbocycles. The van der Waals surface area contributed by atoms with E-state index in [0.29, 0.717) is 26.1 Å². The molecule has 1 fully saturated rings. The lowest BCUT2D eigenvalue weighted by Crippen LogP contribution is -2.38. The van der Waals surface area contributed by atoms with Crippen LogP contribution < -0.4 is 10.1 Å². The normalized spacial score (nSPS) is 24.2. The number of amides is 1. The lowest BCUT2D eigenvalue weighted by atomic mass is 9.96. The molecule has 2 heterocycles. The second-order valence-corrected chi connectivity index (χ2v) is 6.82. The van der Waals surface area contributed by atoms with Crippen LogP contribution in [0.4, 0.5) is 0 Å². The Labute approximate surface area is 138 Å². The average molecular weight is 369 g/mol. The molecule has 0 bridgehead atoms. The minimum Gasteiger partial charge on any atom is -0.496 e. The molecule has 2 atom stereocenters. The third-order valence-corrected chi connectivity index (χ3v) is 5.37. The number of rotatable bonds is 3. The van der Waals surface area contributed by atoms with E-state index >= 15 is 0 Å². The second-order valence-electron chi connectivity index (χ2n) is 5.96. The van der Waals surface area contributed by atoms with Crippen molar-refractivity contribution in [3.8, 4) is 5.75 Å². The number of benzene rings is 1. The monoisotopic (exact) mass is 368 g/mol. The van der Waals surface area contributed by atoms with Gasteiger partial charge in [0.15, 0.2) is 0 Å². The minimum atomic E-state index is -0.409. The van der Waals surface area contributed by atoms with Gasteiger partial charge in [0, 0.05) is 48.6 Å². The molecule has 2 aliphatic heterocycles. The van der Waals surface area contributed by atoms with E-state index in [9.17, 15) is 9.90 Å². The van der Waals surface area contributed by atoms with E-state index in [-0.39, 0.29) is 11.8 Å². The summed E-state index contributed by atoms with van der Waals surface area (Å²) in [5.74, 6) is 1.04. The first-order chi connectivity index (χ1) is 10.6. The maximum absolute atomic E-state index is 12.5. The summed E-state index contributed by atoms with van der Waals surface area (Å²) < 4.78 is 6.44. The molecule has 0 unspecified atom stereocenters. The fraction of sp³-hybridized carbons (Fsp3) is 0.562. The average Bonchev–Trinajstić information content (AvgIpc) is 2.92. The number of nitrogens with one attached hydrogen (secondary N) is 1. The van der Waals surface area contributed by atoms with Crippen molar-refractivity contribution in [2.75, 3.05) is 26.7 Å². The number of aliphatic hydroxyl groups is 1. The Balaban J connectivity index is 1.72. The molecular formula is C16H21BrN2O3. The van der Waals surface area contributed by atoms with E-state index < -0.39 is 6.10 Å². The fourth-order valence-corrected chi connectivity index (χ4v) is 3.79. The molecule has 5 nitrogen and oxygen atoms in total. The number of nitrogens with zero attached hydrogens (tertiary/aromatic N) is 1.